The van der Waals surface area contributed by atoms with Crippen LogP contribution in [0.1, 0.15) is 0 Å². The Hall–Kier alpha value is -3.48. The summed E-state index contributed by atoms with van der Waals surface area (Å²) >= 11 is 6.84. The van der Waals surface area contributed by atoms with Crippen LogP contribution in [0.4, 0.5) is 5.69 Å². The van der Waals surface area contributed by atoms with Crippen LogP contribution in [0.2, 0.25) is 5.02 Å². The predicted molar refractivity (Wildman–Crippen MR) is 146 cm³/mol. The van der Waals surface area contributed by atoms with Gasteiger partial charge in [0.15, 0.2) is 6.10 Å². The molecule has 0 radical (unpaired) electrons. The molecule has 0 aromatic heterocycles. The van der Waals surface area contributed by atoms with Gasteiger partial charge in [-0.2, -0.15) is 0 Å². The number of ether oxygens (including phenoxy) is 1. The average Bonchev–Trinajstić information content (AvgIpc) is 2.81. The first kappa shape index (κ1) is 24.2. The van der Waals surface area contributed by atoms with Gasteiger partial charge in [0.2, 0.25) is 0 Å². The molecule has 3 aromatic rings. The van der Waals surface area contributed by atoms with E-state index in [1.165, 1.54) is 0 Å². The highest BCUT2D eigenvalue weighted by Crippen LogP contribution is 2.45. The van der Waals surface area contributed by atoms with Crippen molar-refractivity contribution in [2.75, 3.05) is 45.2 Å². The summed E-state index contributed by atoms with van der Waals surface area (Å²) in [7, 11) is 3.85. The van der Waals surface area contributed by atoms with Crippen molar-refractivity contribution in [2.45, 2.75) is 6.10 Å². The fourth-order valence-electron chi connectivity index (χ4n) is 5.01. The van der Waals surface area contributed by atoms with Gasteiger partial charge in [0.1, 0.15) is 11.5 Å². The second-order valence-electron chi connectivity index (χ2n) is 9.80. The summed E-state index contributed by atoms with van der Waals surface area (Å²) in [6, 6.07) is 15.0. The molecule has 0 spiro atoms. The number of likely N-dealkylation sites (tertiary alicyclic amines) is 1. The zero-order chi connectivity index (χ0) is 25.6. The maximum absolute atomic E-state index is 13.5. The van der Waals surface area contributed by atoms with Gasteiger partial charge in [-0.1, -0.05) is 49.0 Å². The summed E-state index contributed by atoms with van der Waals surface area (Å²) in [6.07, 6.45) is 1.13. The SMILES string of the molecule is C=CC(=C)N1CC(CN2C(=O)C(CN(C)C)Oc3cc(-c4cc(O)cc5ccccc45)c(Cl)cc32)C1. The monoisotopic (exact) mass is 503 g/mol. The zero-order valence-electron chi connectivity index (χ0n) is 20.6. The van der Waals surface area contributed by atoms with Crippen LogP contribution in [0.5, 0.6) is 11.5 Å². The Morgan fingerprint density at radius 1 is 1.19 bits per heavy atom. The number of phenols is 1. The molecule has 5 rings (SSSR count). The number of fused-ring (bicyclic) bond motifs is 2. The number of halogens is 1. The Balaban J connectivity index is 1.54. The van der Waals surface area contributed by atoms with E-state index < -0.39 is 6.10 Å². The summed E-state index contributed by atoms with van der Waals surface area (Å²) in [5.74, 6) is 1.02. The van der Waals surface area contributed by atoms with Crippen molar-refractivity contribution >= 4 is 34.0 Å². The van der Waals surface area contributed by atoms with E-state index in [1.54, 1.807) is 18.2 Å². The van der Waals surface area contributed by atoms with Gasteiger partial charge in [-0.3, -0.25) is 4.79 Å². The van der Waals surface area contributed by atoms with Crippen molar-refractivity contribution in [3.63, 3.8) is 0 Å². The van der Waals surface area contributed by atoms with E-state index in [2.05, 4.69) is 18.1 Å². The standard InChI is InChI=1S/C29H30ClN3O3/c1-5-18(2)32-14-19(15-32)16-33-26-13-25(30)24(12-27(26)36-28(29(33)35)17-31(3)4)23-11-21(34)10-20-8-6-7-9-22(20)23/h5-13,19,28,34H,1-2,14-17H2,3-4H3. The van der Waals surface area contributed by atoms with Gasteiger partial charge >= 0.3 is 0 Å². The Morgan fingerprint density at radius 2 is 1.94 bits per heavy atom. The fourth-order valence-corrected chi connectivity index (χ4v) is 5.27. The number of nitrogens with zero attached hydrogens (tertiary/aromatic N) is 3. The molecule has 2 aliphatic heterocycles. The Morgan fingerprint density at radius 3 is 2.67 bits per heavy atom. The number of hydrogen-bond acceptors (Lipinski definition) is 5. The highest BCUT2D eigenvalue weighted by atomic mass is 35.5. The second kappa shape index (κ2) is 9.52. The first-order valence-electron chi connectivity index (χ1n) is 12.0. The highest BCUT2D eigenvalue weighted by Gasteiger charge is 2.39. The van der Waals surface area contributed by atoms with E-state index in [0.29, 0.717) is 35.5 Å². The molecule has 1 fully saturated rings. The minimum absolute atomic E-state index is 0.0659. The molecular weight excluding hydrogens is 474 g/mol. The molecule has 1 unspecified atom stereocenters. The van der Waals surface area contributed by atoms with Crippen molar-refractivity contribution < 1.29 is 14.6 Å². The molecule has 2 heterocycles. The van der Waals surface area contributed by atoms with Crippen LogP contribution >= 0.6 is 11.6 Å². The maximum Gasteiger partial charge on any atom is 0.269 e. The molecule has 1 atom stereocenters. The predicted octanol–water partition coefficient (Wildman–Crippen LogP) is 5.15. The van der Waals surface area contributed by atoms with Gasteiger partial charge in [0.05, 0.1) is 10.7 Å². The van der Waals surface area contributed by atoms with Crippen LogP contribution < -0.4 is 9.64 Å². The lowest BCUT2D eigenvalue weighted by Crippen LogP contribution is -2.56. The van der Waals surface area contributed by atoms with Crippen molar-refractivity contribution in [1.82, 2.24) is 9.80 Å². The van der Waals surface area contributed by atoms with E-state index in [1.807, 2.05) is 60.3 Å². The molecule has 186 valence electrons. The number of benzene rings is 3. The number of phenolic OH excluding ortho intramolecular Hbond substituents is 1. The molecule has 6 nitrogen and oxygen atoms in total. The minimum atomic E-state index is -0.623. The lowest BCUT2D eigenvalue weighted by Gasteiger charge is -2.45. The Labute approximate surface area is 216 Å². The van der Waals surface area contributed by atoms with Crippen LogP contribution in [-0.2, 0) is 4.79 Å². The number of allylic oxidation sites excluding steroid dienone is 1. The minimum Gasteiger partial charge on any atom is -0.508 e. The smallest absolute Gasteiger partial charge is 0.269 e. The third-order valence-corrected chi connectivity index (χ3v) is 7.17. The first-order valence-corrected chi connectivity index (χ1v) is 12.4. The molecule has 0 bridgehead atoms. The van der Waals surface area contributed by atoms with E-state index in [0.717, 1.165) is 40.7 Å². The number of aromatic hydroxyl groups is 1. The number of likely N-dealkylation sites (N-methyl/N-ethyl adjacent to an activating group) is 1. The molecule has 7 heteroatoms. The van der Waals surface area contributed by atoms with Gasteiger partial charge in [0.25, 0.3) is 5.91 Å². The van der Waals surface area contributed by atoms with E-state index in [-0.39, 0.29) is 11.7 Å². The largest absolute Gasteiger partial charge is 0.508 e. The van der Waals surface area contributed by atoms with Crippen LogP contribution in [0, 0.1) is 5.92 Å². The summed E-state index contributed by atoms with van der Waals surface area (Å²) < 4.78 is 6.26. The normalized spacial score (nSPS) is 17.7. The first-order chi connectivity index (χ1) is 17.2. The summed E-state index contributed by atoms with van der Waals surface area (Å²) in [5.41, 5.74) is 3.13. The molecular formula is C29H30ClN3O3. The summed E-state index contributed by atoms with van der Waals surface area (Å²) in [6.45, 7) is 10.5. The van der Waals surface area contributed by atoms with Crippen molar-refractivity contribution in [1.29, 1.82) is 0 Å². The Kier molecular flexibility index (Phi) is 6.41. The molecule has 36 heavy (non-hydrogen) atoms. The Bertz CT molecular complexity index is 1360. The van der Waals surface area contributed by atoms with E-state index in [9.17, 15) is 9.90 Å². The average molecular weight is 504 g/mol. The fraction of sp³-hybridized carbons (Fsp3) is 0.276. The highest BCUT2D eigenvalue weighted by molar-refractivity contribution is 6.34. The number of anilines is 1. The van der Waals surface area contributed by atoms with Crippen LogP contribution in [0.3, 0.4) is 0 Å². The van der Waals surface area contributed by atoms with Crippen molar-refractivity contribution in [3.8, 4) is 22.6 Å². The lowest BCUT2D eigenvalue weighted by atomic mass is 9.95. The summed E-state index contributed by atoms with van der Waals surface area (Å²) in [5, 5.41) is 12.8. The third kappa shape index (κ3) is 4.43. The van der Waals surface area contributed by atoms with Gasteiger partial charge in [-0.15, -0.1) is 0 Å². The van der Waals surface area contributed by atoms with Gasteiger partial charge in [-0.05, 0) is 60.8 Å². The lowest BCUT2D eigenvalue weighted by molar-refractivity contribution is -0.127. The topological polar surface area (TPSA) is 56.2 Å². The van der Waals surface area contributed by atoms with Gasteiger partial charge < -0.3 is 24.5 Å². The third-order valence-electron chi connectivity index (χ3n) is 6.86. The van der Waals surface area contributed by atoms with Gasteiger partial charge in [0, 0.05) is 43.4 Å². The number of rotatable bonds is 7. The number of carbonyl (C=O) groups is 1. The molecule has 1 amide bonds. The van der Waals surface area contributed by atoms with E-state index in [4.69, 9.17) is 16.3 Å². The molecule has 0 aliphatic carbocycles. The van der Waals surface area contributed by atoms with Crippen LogP contribution in [0.25, 0.3) is 21.9 Å². The second-order valence-corrected chi connectivity index (χ2v) is 10.2. The molecule has 3 aromatic carbocycles. The van der Waals surface area contributed by atoms with Crippen molar-refractivity contribution in [3.05, 3.63) is 78.5 Å². The van der Waals surface area contributed by atoms with Crippen LogP contribution in [0.15, 0.2) is 73.5 Å². The maximum atomic E-state index is 13.5. The molecule has 2 aliphatic rings. The number of carbonyl (C=O) groups excluding carboxylic acids is 1. The number of amides is 1. The summed E-state index contributed by atoms with van der Waals surface area (Å²) in [4.78, 5) is 19.4. The number of hydrogen-bond donors (Lipinski definition) is 1. The van der Waals surface area contributed by atoms with E-state index >= 15 is 0 Å². The zero-order valence-corrected chi connectivity index (χ0v) is 21.3. The molecule has 1 N–H and O–H groups in total. The van der Waals surface area contributed by atoms with Gasteiger partial charge in [-0.25, -0.2) is 0 Å². The van der Waals surface area contributed by atoms with Crippen molar-refractivity contribution in [2.24, 2.45) is 5.92 Å². The van der Waals surface area contributed by atoms with Crippen LogP contribution in [-0.4, -0.2) is 67.2 Å². The molecule has 0 saturated carbocycles. The quantitative estimate of drug-likeness (QED) is 0.452. The molecule has 1 saturated heterocycles.